The minimum absolute atomic E-state index is 0.0220. The SMILES string of the molecule is CCCN(CCC)C(=O)c1cc(NCC2CCCO2)ncn1. The second-order valence-corrected chi connectivity index (χ2v) is 5.60. The van der Waals surface area contributed by atoms with Gasteiger partial charge in [-0.1, -0.05) is 13.8 Å². The lowest BCUT2D eigenvalue weighted by Gasteiger charge is -2.21. The van der Waals surface area contributed by atoms with Gasteiger partial charge < -0.3 is 15.0 Å². The van der Waals surface area contributed by atoms with Crippen molar-refractivity contribution in [1.82, 2.24) is 14.9 Å². The number of rotatable bonds is 8. The van der Waals surface area contributed by atoms with Gasteiger partial charge in [0.2, 0.25) is 0 Å². The zero-order valence-electron chi connectivity index (χ0n) is 13.5. The van der Waals surface area contributed by atoms with Gasteiger partial charge in [-0.15, -0.1) is 0 Å². The van der Waals surface area contributed by atoms with Crippen LogP contribution in [0.25, 0.3) is 0 Å². The summed E-state index contributed by atoms with van der Waals surface area (Å²) in [6, 6.07) is 1.73. The maximum absolute atomic E-state index is 12.5. The lowest BCUT2D eigenvalue weighted by Crippen LogP contribution is -2.33. The Kier molecular flexibility index (Phi) is 6.58. The van der Waals surface area contributed by atoms with Crippen molar-refractivity contribution < 1.29 is 9.53 Å². The van der Waals surface area contributed by atoms with Crippen molar-refractivity contribution in [2.75, 3.05) is 31.6 Å². The summed E-state index contributed by atoms with van der Waals surface area (Å²) in [6.45, 7) is 7.22. The molecule has 1 fully saturated rings. The molecule has 1 unspecified atom stereocenters. The quantitative estimate of drug-likeness (QED) is 0.798. The average Bonchev–Trinajstić information content (AvgIpc) is 3.06. The molecule has 6 nitrogen and oxygen atoms in total. The number of amides is 1. The number of hydrogen-bond donors (Lipinski definition) is 1. The first-order valence-electron chi connectivity index (χ1n) is 8.21. The molecular weight excluding hydrogens is 280 g/mol. The average molecular weight is 306 g/mol. The van der Waals surface area contributed by atoms with Crippen LogP contribution in [-0.4, -0.2) is 53.1 Å². The third-order valence-corrected chi connectivity index (χ3v) is 3.70. The van der Waals surface area contributed by atoms with Crippen LogP contribution in [0.4, 0.5) is 5.82 Å². The molecule has 2 heterocycles. The van der Waals surface area contributed by atoms with Crippen molar-refractivity contribution in [3.63, 3.8) is 0 Å². The Labute approximate surface area is 132 Å². The van der Waals surface area contributed by atoms with Crippen molar-refractivity contribution in [3.8, 4) is 0 Å². The highest BCUT2D eigenvalue weighted by Gasteiger charge is 2.18. The van der Waals surface area contributed by atoms with Gasteiger partial charge >= 0.3 is 0 Å². The summed E-state index contributed by atoms with van der Waals surface area (Å²) in [7, 11) is 0. The van der Waals surface area contributed by atoms with E-state index in [1.165, 1.54) is 6.33 Å². The number of ether oxygens (including phenoxy) is 1. The molecular formula is C16H26N4O2. The largest absolute Gasteiger partial charge is 0.376 e. The molecule has 2 rings (SSSR count). The molecule has 1 aromatic rings. The van der Waals surface area contributed by atoms with E-state index >= 15 is 0 Å². The van der Waals surface area contributed by atoms with E-state index in [9.17, 15) is 4.79 Å². The van der Waals surface area contributed by atoms with E-state index < -0.39 is 0 Å². The predicted molar refractivity (Wildman–Crippen MR) is 86.0 cm³/mol. The third-order valence-electron chi connectivity index (χ3n) is 3.70. The summed E-state index contributed by atoms with van der Waals surface area (Å²) in [5.41, 5.74) is 0.451. The molecule has 0 saturated carbocycles. The van der Waals surface area contributed by atoms with Crippen LogP contribution in [0.2, 0.25) is 0 Å². The van der Waals surface area contributed by atoms with Gasteiger partial charge in [0.25, 0.3) is 5.91 Å². The second-order valence-electron chi connectivity index (χ2n) is 5.60. The first-order chi connectivity index (χ1) is 10.7. The molecule has 1 atom stereocenters. The maximum atomic E-state index is 12.5. The fourth-order valence-corrected chi connectivity index (χ4v) is 2.61. The van der Waals surface area contributed by atoms with E-state index in [4.69, 9.17) is 4.74 Å². The molecule has 0 bridgehead atoms. The number of carbonyl (C=O) groups is 1. The van der Waals surface area contributed by atoms with Gasteiger partial charge in [-0.2, -0.15) is 0 Å². The molecule has 0 spiro atoms. The van der Waals surface area contributed by atoms with Crippen molar-refractivity contribution in [1.29, 1.82) is 0 Å². The van der Waals surface area contributed by atoms with Gasteiger partial charge in [-0.05, 0) is 25.7 Å². The number of hydrogen-bond acceptors (Lipinski definition) is 5. The highest BCUT2D eigenvalue weighted by molar-refractivity contribution is 5.92. The summed E-state index contributed by atoms with van der Waals surface area (Å²) in [6.07, 6.45) is 5.77. The summed E-state index contributed by atoms with van der Waals surface area (Å²) in [5.74, 6) is 0.660. The van der Waals surface area contributed by atoms with Crippen LogP contribution in [0, 0.1) is 0 Å². The third kappa shape index (κ3) is 4.66. The summed E-state index contributed by atoms with van der Waals surface area (Å²) < 4.78 is 5.57. The lowest BCUT2D eigenvalue weighted by atomic mass is 10.2. The van der Waals surface area contributed by atoms with E-state index in [1.807, 2.05) is 4.90 Å². The lowest BCUT2D eigenvalue weighted by molar-refractivity contribution is 0.0749. The fraction of sp³-hybridized carbons (Fsp3) is 0.688. The normalized spacial score (nSPS) is 17.5. The minimum atomic E-state index is -0.0220. The van der Waals surface area contributed by atoms with Crippen LogP contribution in [-0.2, 0) is 4.74 Å². The Bertz CT molecular complexity index is 469. The van der Waals surface area contributed by atoms with Gasteiger partial charge in [0, 0.05) is 32.3 Å². The van der Waals surface area contributed by atoms with Crippen LogP contribution < -0.4 is 5.32 Å². The topological polar surface area (TPSA) is 67.4 Å². The van der Waals surface area contributed by atoms with E-state index in [-0.39, 0.29) is 12.0 Å². The molecule has 1 saturated heterocycles. The number of carbonyl (C=O) groups excluding carboxylic acids is 1. The molecule has 1 aliphatic heterocycles. The van der Waals surface area contributed by atoms with E-state index in [0.29, 0.717) is 11.5 Å². The highest BCUT2D eigenvalue weighted by Crippen LogP contribution is 2.13. The Morgan fingerprint density at radius 1 is 1.36 bits per heavy atom. The van der Waals surface area contributed by atoms with Crippen molar-refractivity contribution in [2.45, 2.75) is 45.6 Å². The van der Waals surface area contributed by atoms with Crippen molar-refractivity contribution in [2.24, 2.45) is 0 Å². The Morgan fingerprint density at radius 2 is 2.14 bits per heavy atom. The van der Waals surface area contributed by atoms with Crippen LogP contribution in [0.3, 0.4) is 0 Å². The summed E-state index contributed by atoms with van der Waals surface area (Å²) >= 11 is 0. The van der Waals surface area contributed by atoms with Crippen LogP contribution in [0.15, 0.2) is 12.4 Å². The Balaban J connectivity index is 1.97. The molecule has 1 amide bonds. The number of nitrogens with zero attached hydrogens (tertiary/aromatic N) is 3. The van der Waals surface area contributed by atoms with Gasteiger partial charge in [0.05, 0.1) is 6.10 Å². The molecule has 0 aliphatic carbocycles. The fourth-order valence-electron chi connectivity index (χ4n) is 2.61. The van der Waals surface area contributed by atoms with E-state index in [2.05, 4.69) is 29.1 Å². The molecule has 0 aromatic carbocycles. The first kappa shape index (κ1) is 16.7. The van der Waals surface area contributed by atoms with Gasteiger partial charge in [-0.25, -0.2) is 9.97 Å². The molecule has 122 valence electrons. The summed E-state index contributed by atoms with van der Waals surface area (Å²) in [5, 5.41) is 3.24. The Morgan fingerprint density at radius 3 is 2.77 bits per heavy atom. The first-order valence-corrected chi connectivity index (χ1v) is 8.21. The smallest absolute Gasteiger partial charge is 0.272 e. The van der Waals surface area contributed by atoms with Crippen LogP contribution >= 0.6 is 0 Å². The molecule has 1 aromatic heterocycles. The Hall–Kier alpha value is -1.69. The molecule has 6 heteroatoms. The number of nitrogens with one attached hydrogen (secondary N) is 1. The molecule has 1 aliphatic rings. The second kappa shape index (κ2) is 8.68. The van der Waals surface area contributed by atoms with E-state index in [1.54, 1.807) is 6.07 Å². The zero-order chi connectivity index (χ0) is 15.8. The van der Waals surface area contributed by atoms with Crippen LogP contribution in [0.1, 0.15) is 50.0 Å². The predicted octanol–water partition coefficient (Wildman–Crippen LogP) is 2.33. The van der Waals surface area contributed by atoms with Crippen LogP contribution in [0.5, 0.6) is 0 Å². The standard InChI is InChI=1S/C16H26N4O2/c1-3-7-20(8-4-2)16(21)14-10-15(19-12-18-14)17-11-13-6-5-9-22-13/h10,12-13H,3-9,11H2,1-2H3,(H,17,18,19). The van der Waals surface area contributed by atoms with Gasteiger partial charge in [-0.3, -0.25) is 4.79 Å². The van der Waals surface area contributed by atoms with Gasteiger partial charge in [0.1, 0.15) is 17.8 Å². The molecule has 1 N–H and O–H groups in total. The summed E-state index contributed by atoms with van der Waals surface area (Å²) in [4.78, 5) is 22.7. The molecule has 22 heavy (non-hydrogen) atoms. The minimum Gasteiger partial charge on any atom is -0.376 e. The molecule has 0 radical (unpaired) electrons. The van der Waals surface area contributed by atoms with Crippen molar-refractivity contribution >= 4 is 11.7 Å². The highest BCUT2D eigenvalue weighted by atomic mass is 16.5. The van der Waals surface area contributed by atoms with Crippen molar-refractivity contribution in [3.05, 3.63) is 18.1 Å². The van der Waals surface area contributed by atoms with E-state index in [0.717, 1.165) is 51.9 Å². The number of anilines is 1. The zero-order valence-corrected chi connectivity index (χ0v) is 13.5. The van der Waals surface area contributed by atoms with Gasteiger partial charge in [0.15, 0.2) is 0 Å². The maximum Gasteiger partial charge on any atom is 0.272 e. The monoisotopic (exact) mass is 306 g/mol. The number of aromatic nitrogens is 2.